The zero-order chi connectivity index (χ0) is 20.9. The zero-order valence-corrected chi connectivity index (χ0v) is 17.5. The van der Waals surface area contributed by atoms with Crippen LogP contribution in [0.4, 0.5) is 0 Å². The lowest BCUT2D eigenvalue weighted by molar-refractivity contribution is -0.00142. The lowest BCUT2D eigenvalue weighted by atomic mass is 9.86. The predicted molar refractivity (Wildman–Crippen MR) is 111 cm³/mol. The van der Waals surface area contributed by atoms with Crippen molar-refractivity contribution in [2.45, 2.75) is 37.8 Å². The molecule has 2 aromatic carbocycles. The number of hydrogen-bond donors (Lipinski definition) is 2. The van der Waals surface area contributed by atoms with E-state index in [2.05, 4.69) is 17.6 Å². The summed E-state index contributed by atoms with van der Waals surface area (Å²) >= 11 is 0. The predicted octanol–water partition coefficient (Wildman–Crippen LogP) is 2.98. The van der Waals surface area contributed by atoms with Crippen molar-refractivity contribution in [3.63, 3.8) is 0 Å². The number of rotatable bonds is 7. The maximum absolute atomic E-state index is 10.2. The van der Waals surface area contributed by atoms with Crippen LogP contribution < -0.4 is 24.4 Å². The fraction of sp³-hybridized carbons (Fsp3) is 0.478. The average molecular weight is 415 g/mol. The highest BCUT2D eigenvalue weighted by Crippen LogP contribution is 2.39. The summed E-state index contributed by atoms with van der Waals surface area (Å²) in [6.45, 7) is 1.57. The third-order valence-electron chi connectivity index (χ3n) is 5.76. The van der Waals surface area contributed by atoms with Crippen molar-refractivity contribution in [2.24, 2.45) is 0 Å². The molecule has 0 saturated carbocycles. The van der Waals surface area contributed by atoms with Crippen molar-refractivity contribution in [3.8, 4) is 23.0 Å². The van der Waals surface area contributed by atoms with E-state index < -0.39 is 0 Å². The normalized spacial score (nSPS) is 20.2. The Morgan fingerprint density at radius 2 is 1.90 bits per heavy atom. The Bertz CT molecular complexity index is 871. The molecule has 7 heteroatoms. The first-order valence-electron chi connectivity index (χ1n) is 10.3. The molecule has 0 radical (unpaired) electrons. The Hall–Kier alpha value is -2.48. The van der Waals surface area contributed by atoms with Crippen molar-refractivity contribution in [3.05, 3.63) is 47.0 Å². The van der Waals surface area contributed by atoms with Crippen LogP contribution in [-0.4, -0.2) is 45.2 Å². The number of hydrogen-bond acceptors (Lipinski definition) is 7. The van der Waals surface area contributed by atoms with E-state index >= 15 is 0 Å². The number of hydroxylamine groups is 1. The van der Waals surface area contributed by atoms with Crippen LogP contribution in [0.15, 0.2) is 30.3 Å². The van der Waals surface area contributed by atoms with Crippen LogP contribution >= 0.6 is 0 Å². The van der Waals surface area contributed by atoms with E-state index in [1.165, 1.54) is 5.56 Å². The van der Waals surface area contributed by atoms with Crippen molar-refractivity contribution < 1.29 is 28.9 Å². The highest BCUT2D eigenvalue weighted by atomic mass is 16.6. The molecule has 2 unspecified atom stereocenters. The zero-order valence-electron chi connectivity index (χ0n) is 17.5. The van der Waals surface area contributed by atoms with Gasteiger partial charge < -0.3 is 24.1 Å². The molecule has 0 fully saturated rings. The van der Waals surface area contributed by atoms with E-state index in [-0.39, 0.29) is 18.6 Å². The molecular formula is C23H29NO6. The van der Waals surface area contributed by atoms with Gasteiger partial charge in [0, 0.05) is 23.6 Å². The number of nitrogens with one attached hydrogen (secondary N) is 1. The first-order chi connectivity index (χ1) is 14.7. The third kappa shape index (κ3) is 4.33. The molecule has 0 aromatic heterocycles. The quantitative estimate of drug-likeness (QED) is 0.720. The van der Waals surface area contributed by atoms with Crippen molar-refractivity contribution in [2.75, 3.05) is 34.0 Å². The summed E-state index contributed by atoms with van der Waals surface area (Å²) in [7, 11) is 3.26. The molecule has 2 aliphatic rings. The molecule has 2 atom stereocenters. The van der Waals surface area contributed by atoms with Gasteiger partial charge in [-0.1, -0.05) is 6.07 Å². The van der Waals surface area contributed by atoms with Gasteiger partial charge in [-0.25, -0.2) is 0 Å². The summed E-state index contributed by atoms with van der Waals surface area (Å²) in [4.78, 5) is 5.73. The molecule has 2 aliphatic heterocycles. The standard InChI is InChI=1S/C23H29NO6/c1-26-17-11-16-14-30-24-19(18(13-25)23(16)22(12-17)27-2)5-3-4-15-6-7-20-21(10-15)29-9-8-28-20/h6-7,10-12,18-19,24-25H,3-5,8-9,13-14H2,1-2H3. The van der Waals surface area contributed by atoms with Crippen molar-refractivity contribution in [1.82, 2.24) is 5.48 Å². The van der Waals surface area contributed by atoms with Crippen LogP contribution in [0.2, 0.25) is 0 Å². The Morgan fingerprint density at radius 1 is 1.07 bits per heavy atom. The number of fused-ring (bicyclic) bond motifs is 2. The summed E-state index contributed by atoms with van der Waals surface area (Å²) in [6.07, 6.45) is 2.68. The molecule has 7 nitrogen and oxygen atoms in total. The highest BCUT2D eigenvalue weighted by molar-refractivity contribution is 5.49. The van der Waals surface area contributed by atoms with Gasteiger partial charge in [-0.15, -0.1) is 0 Å². The van der Waals surface area contributed by atoms with Crippen molar-refractivity contribution in [1.29, 1.82) is 0 Å². The molecule has 0 spiro atoms. The highest BCUT2D eigenvalue weighted by Gasteiger charge is 2.31. The molecule has 0 amide bonds. The second-order valence-electron chi connectivity index (χ2n) is 7.57. The second-order valence-corrected chi connectivity index (χ2v) is 7.57. The monoisotopic (exact) mass is 415 g/mol. The molecular weight excluding hydrogens is 386 g/mol. The van der Waals surface area contributed by atoms with E-state index in [4.69, 9.17) is 23.8 Å². The topological polar surface area (TPSA) is 78.4 Å². The number of aliphatic hydroxyl groups excluding tert-OH is 1. The summed E-state index contributed by atoms with van der Waals surface area (Å²) < 4.78 is 22.3. The lowest BCUT2D eigenvalue weighted by Gasteiger charge is -2.26. The van der Waals surface area contributed by atoms with Crippen LogP contribution in [-0.2, 0) is 17.9 Å². The molecule has 0 aliphatic carbocycles. The van der Waals surface area contributed by atoms with E-state index in [1.54, 1.807) is 14.2 Å². The van der Waals surface area contributed by atoms with Crippen LogP contribution in [0.3, 0.4) is 0 Å². The van der Waals surface area contributed by atoms with Gasteiger partial charge in [0.2, 0.25) is 0 Å². The Morgan fingerprint density at radius 3 is 2.67 bits per heavy atom. The minimum atomic E-state index is -0.136. The van der Waals surface area contributed by atoms with Crippen LogP contribution in [0.5, 0.6) is 23.0 Å². The van der Waals surface area contributed by atoms with E-state index in [0.717, 1.165) is 41.9 Å². The Labute approximate surface area is 176 Å². The maximum atomic E-state index is 10.2. The van der Waals surface area contributed by atoms with Crippen LogP contribution in [0, 0.1) is 0 Å². The Balaban J connectivity index is 1.47. The van der Waals surface area contributed by atoms with Gasteiger partial charge in [0.15, 0.2) is 11.5 Å². The lowest BCUT2D eigenvalue weighted by Crippen LogP contribution is -2.35. The smallest absolute Gasteiger partial charge is 0.161 e. The number of ether oxygens (including phenoxy) is 4. The molecule has 0 saturated heterocycles. The van der Waals surface area contributed by atoms with Crippen molar-refractivity contribution >= 4 is 0 Å². The average Bonchev–Trinajstić information content (AvgIpc) is 2.97. The van der Waals surface area contributed by atoms with Gasteiger partial charge in [-0.3, -0.25) is 4.84 Å². The summed E-state index contributed by atoms with van der Waals surface area (Å²) in [5.41, 5.74) is 6.31. The van der Waals surface area contributed by atoms with Gasteiger partial charge in [-0.2, -0.15) is 5.48 Å². The second kappa shape index (κ2) is 9.55. The summed E-state index contributed by atoms with van der Waals surface area (Å²) in [6, 6.07) is 9.88. The summed E-state index contributed by atoms with van der Waals surface area (Å²) in [5.74, 6) is 2.91. The Kier molecular flexibility index (Phi) is 6.62. The fourth-order valence-corrected chi connectivity index (χ4v) is 4.24. The SMILES string of the molecule is COc1cc2c(c(OC)c1)C(CO)C(CCCc1ccc3c(c1)OCCO3)NOC2. The van der Waals surface area contributed by atoms with Gasteiger partial charge in [0.25, 0.3) is 0 Å². The molecule has 2 N–H and O–H groups in total. The number of methoxy groups -OCH3 is 2. The van der Waals surface area contributed by atoms with Crippen LogP contribution in [0.25, 0.3) is 0 Å². The molecule has 2 heterocycles. The third-order valence-corrected chi connectivity index (χ3v) is 5.76. The van der Waals surface area contributed by atoms with Gasteiger partial charge in [-0.05, 0) is 48.6 Å². The minimum Gasteiger partial charge on any atom is -0.497 e. The molecule has 162 valence electrons. The van der Waals surface area contributed by atoms with Gasteiger partial charge >= 0.3 is 0 Å². The van der Waals surface area contributed by atoms with E-state index in [1.807, 2.05) is 18.2 Å². The molecule has 0 bridgehead atoms. The first-order valence-corrected chi connectivity index (χ1v) is 10.3. The molecule has 2 aromatic rings. The number of aliphatic hydroxyl groups is 1. The molecule has 30 heavy (non-hydrogen) atoms. The molecule has 4 rings (SSSR count). The van der Waals surface area contributed by atoms with E-state index in [9.17, 15) is 5.11 Å². The van der Waals surface area contributed by atoms with Gasteiger partial charge in [0.05, 0.1) is 27.4 Å². The first kappa shape index (κ1) is 20.8. The fourth-order valence-electron chi connectivity index (χ4n) is 4.24. The summed E-state index contributed by atoms with van der Waals surface area (Å²) in [5, 5.41) is 10.2. The van der Waals surface area contributed by atoms with Gasteiger partial charge in [0.1, 0.15) is 24.7 Å². The number of aryl methyl sites for hydroxylation is 1. The largest absolute Gasteiger partial charge is 0.497 e. The minimum absolute atomic E-state index is 0.000734. The maximum Gasteiger partial charge on any atom is 0.161 e. The van der Waals surface area contributed by atoms with E-state index in [0.29, 0.717) is 31.3 Å². The number of benzene rings is 2. The van der Waals surface area contributed by atoms with Crippen LogP contribution in [0.1, 0.15) is 35.4 Å².